The Labute approximate surface area is 179 Å². The minimum atomic E-state index is -1.31. The summed E-state index contributed by atoms with van der Waals surface area (Å²) in [7, 11) is 0. The van der Waals surface area contributed by atoms with E-state index in [-0.39, 0.29) is 42.1 Å². The summed E-state index contributed by atoms with van der Waals surface area (Å²) >= 11 is 0. The summed E-state index contributed by atoms with van der Waals surface area (Å²) in [5.41, 5.74) is 6.47. The van der Waals surface area contributed by atoms with Gasteiger partial charge in [-0.05, 0) is 30.7 Å². The molecule has 0 saturated carbocycles. The zero-order chi connectivity index (χ0) is 23.3. The standard InChI is InChI=1S/C19H19N7O6/c20-19-25-15-14(17(30)26-19)23-11(8-22-15)7-21-10-3-1-9(2-4-10)16(29)24-12(18(31)32)5-6-13(27)28/h1-4,8,12,21H,5-7H2,(H,24,29)(H,27,28)(H,31,32)(H3,20,22,25,26,30)/t12-/m0/s1/i7+1. The van der Waals surface area contributed by atoms with E-state index in [0.29, 0.717) is 11.4 Å². The molecule has 32 heavy (non-hydrogen) atoms. The van der Waals surface area contributed by atoms with Crippen LogP contribution in [0.25, 0.3) is 11.2 Å². The molecule has 7 N–H and O–H groups in total. The van der Waals surface area contributed by atoms with Crippen LogP contribution in [0, 0.1) is 0 Å². The number of aliphatic carboxylic acids is 2. The number of nitrogens with zero attached hydrogens (tertiary/aromatic N) is 3. The first-order valence-electron chi connectivity index (χ1n) is 9.33. The monoisotopic (exact) mass is 442 g/mol. The molecule has 0 aliphatic rings. The Morgan fingerprint density at radius 1 is 1.12 bits per heavy atom. The molecule has 0 aliphatic carbocycles. The lowest BCUT2D eigenvalue weighted by Crippen LogP contribution is -2.41. The van der Waals surface area contributed by atoms with Crippen LogP contribution in [0.15, 0.2) is 35.3 Å². The lowest BCUT2D eigenvalue weighted by atomic mass is 10.1. The number of aromatic amines is 1. The third-order valence-electron chi connectivity index (χ3n) is 4.36. The predicted molar refractivity (Wildman–Crippen MR) is 112 cm³/mol. The van der Waals surface area contributed by atoms with Crippen molar-refractivity contribution in [3.05, 3.63) is 52.1 Å². The van der Waals surface area contributed by atoms with Crippen LogP contribution in [-0.4, -0.2) is 54.0 Å². The fourth-order valence-electron chi connectivity index (χ4n) is 2.75. The van der Waals surface area contributed by atoms with Gasteiger partial charge < -0.3 is 26.6 Å². The number of aromatic nitrogens is 4. The fraction of sp³-hybridized carbons (Fsp3) is 0.211. The van der Waals surface area contributed by atoms with Crippen molar-refractivity contribution in [1.29, 1.82) is 0 Å². The molecule has 0 saturated heterocycles. The average Bonchev–Trinajstić information content (AvgIpc) is 2.75. The van der Waals surface area contributed by atoms with Crippen LogP contribution >= 0.6 is 0 Å². The zero-order valence-corrected chi connectivity index (χ0v) is 16.5. The molecular weight excluding hydrogens is 423 g/mol. The van der Waals surface area contributed by atoms with Crippen molar-refractivity contribution < 1.29 is 24.6 Å². The van der Waals surface area contributed by atoms with Crippen molar-refractivity contribution in [3.63, 3.8) is 0 Å². The SMILES string of the molecule is Nc1nc2ncc([13CH2]Nc3ccc(C(=O)N[C@@H](CCC(=O)O)C(=O)O)cc3)nc2c(=O)[nH]1. The second kappa shape index (κ2) is 9.51. The maximum absolute atomic E-state index is 12.3. The number of carboxylic acid groups (broad SMARTS) is 2. The van der Waals surface area contributed by atoms with Crippen LogP contribution in [0.2, 0.25) is 0 Å². The number of H-pyrrole nitrogens is 1. The Kier molecular flexibility index (Phi) is 6.58. The molecule has 0 bridgehead atoms. The van der Waals surface area contributed by atoms with E-state index < -0.39 is 29.4 Å². The van der Waals surface area contributed by atoms with E-state index in [1.807, 2.05) is 0 Å². The third-order valence-corrected chi connectivity index (χ3v) is 4.36. The summed E-state index contributed by atoms with van der Waals surface area (Å²) in [6, 6.07) is 4.86. The molecule has 13 heteroatoms. The molecule has 0 aliphatic heterocycles. The smallest absolute Gasteiger partial charge is 0.326 e. The number of hydrogen-bond acceptors (Lipinski definition) is 9. The summed E-state index contributed by atoms with van der Waals surface area (Å²) in [6.07, 6.45) is 0.840. The molecule has 13 nitrogen and oxygen atoms in total. The van der Waals surface area contributed by atoms with Crippen molar-refractivity contribution in [2.75, 3.05) is 11.1 Å². The van der Waals surface area contributed by atoms with Crippen molar-refractivity contribution in [3.8, 4) is 0 Å². The summed E-state index contributed by atoms with van der Waals surface area (Å²) in [6.45, 7) is 0.231. The maximum atomic E-state index is 12.3. The molecule has 0 spiro atoms. The number of fused-ring (bicyclic) bond motifs is 1. The first-order chi connectivity index (χ1) is 15.2. The molecule has 0 radical (unpaired) electrons. The van der Waals surface area contributed by atoms with Crippen molar-refractivity contribution >= 4 is 40.6 Å². The van der Waals surface area contributed by atoms with Gasteiger partial charge in [0.05, 0.1) is 18.4 Å². The van der Waals surface area contributed by atoms with Crippen LogP contribution in [0.5, 0.6) is 0 Å². The second-order valence-corrected chi connectivity index (χ2v) is 6.71. The highest BCUT2D eigenvalue weighted by Crippen LogP contribution is 2.12. The molecule has 3 aromatic rings. The topological polar surface area (TPSA) is 213 Å². The van der Waals surface area contributed by atoms with Crippen LogP contribution in [0.3, 0.4) is 0 Å². The van der Waals surface area contributed by atoms with Gasteiger partial charge >= 0.3 is 11.9 Å². The van der Waals surface area contributed by atoms with Gasteiger partial charge in [0.1, 0.15) is 6.04 Å². The lowest BCUT2D eigenvalue weighted by molar-refractivity contribution is -0.140. The fourth-order valence-corrected chi connectivity index (χ4v) is 2.75. The molecule has 1 aromatic carbocycles. The number of carbonyl (C=O) groups is 3. The van der Waals surface area contributed by atoms with E-state index in [0.717, 1.165) is 0 Å². The third kappa shape index (κ3) is 5.53. The number of benzene rings is 1. The van der Waals surface area contributed by atoms with Crippen molar-refractivity contribution in [2.24, 2.45) is 0 Å². The zero-order valence-electron chi connectivity index (χ0n) is 16.5. The molecule has 1 amide bonds. The van der Waals surface area contributed by atoms with Gasteiger partial charge in [-0.3, -0.25) is 19.4 Å². The average molecular weight is 442 g/mol. The van der Waals surface area contributed by atoms with Crippen LogP contribution < -0.4 is 21.9 Å². The van der Waals surface area contributed by atoms with E-state index in [2.05, 4.69) is 30.6 Å². The number of nitrogens with two attached hydrogens (primary N) is 1. The van der Waals surface area contributed by atoms with Gasteiger partial charge in [-0.15, -0.1) is 0 Å². The van der Waals surface area contributed by atoms with Gasteiger partial charge in [0.15, 0.2) is 11.2 Å². The van der Waals surface area contributed by atoms with Gasteiger partial charge in [-0.25, -0.2) is 14.8 Å². The van der Waals surface area contributed by atoms with E-state index in [9.17, 15) is 19.2 Å². The van der Waals surface area contributed by atoms with Gasteiger partial charge in [-0.1, -0.05) is 0 Å². The van der Waals surface area contributed by atoms with Gasteiger partial charge in [0.2, 0.25) is 5.95 Å². The molecule has 2 heterocycles. The summed E-state index contributed by atoms with van der Waals surface area (Å²) in [4.78, 5) is 60.6. The molecule has 0 unspecified atom stereocenters. The van der Waals surface area contributed by atoms with E-state index in [1.54, 1.807) is 12.1 Å². The molecule has 2 aromatic heterocycles. The Hall–Kier alpha value is -4.55. The summed E-state index contributed by atoms with van der Waals surface area (Å²) in [5, 5.41) is 23.2. The number of nitrogen functional groups attached to an aromatic ring is 1. The van der Waals surface area contributed by atoms with Crippen LogP contribution in [-0.2, 0) is 16.1 Å². The first kappa shape index (κ1) is 22.1. The number of rotatable bonds is 9. The Morgan fingerprint density at radius 3 is 2.50 bits per heavy atom. The molecule has 3 rings (SSSR count). The first-order valence-corrected chi connectivity index (χ1v) is 9.33. The highest BCUT2D eigenvalue weighted by Gasteiger charge is 2.21. The maximum Gasteiger partial charge on any atom is 0.326 e. The minimum absolute atomic E-state index is 0.0524. The molecular formula is C19H19N7O6. The number of carboxylic acids is 2. The van der Waals surface area contributed by atoms with Crippen LogP contribution in [0.4, 0.5) is 11.6 Å². The molecule has 1 atom stereocenters. The highest BCUT2D eigenvalue weighted by molar-refractivity contribution is 5.96. The largest absolute Gasteiger partial charge is 0.481 e. The minimum Gasteiger partial charge on any atom is -0.481 e. The van der Waals surface area contributed by atoms with Gasteiger partial charge in [0.25, 0.3) is 11.5 Å². The molecule has 166 valence electrons. The quantitative estimate of drug-likeness (QED) is 0.242. The van der Waals surface area contributed by atoms with Gasteiger partial charge in [-0.2, -0.15) is 4.98 Å². The van der Waals surface area contributed by atoms with Crippen molar-refractivity contribution in [2.45, 2.75) is 25.4 Å². The Balaban J connectivity index is 1.62. The second-order valence-electron chi connectivity index (χ2n) is 6.71. The number of anilines is 2. The summed E-state index contributed by atoms with van der Waals surface area (Å²) < 4.78 is 0. The summed E-state index contributed by atoms with van der Waals surface area (Å²) in [5.74, 6) is -3.16. The Morgan fingerprint density at radius 2 is 1.84 bits per heavy atom. The number of nitrogens with one attached hydrogen (secondary N) is 3. The van der Waals surface area contributed by atoms with Crippen LogP contribution in [0.1, 0.15) is 28.9 Å². The number of amides is 1. The highest BCUT2D eigenvalue weighted by atomic mass is 16.4. The van der Waals surface area contributed by atoms with E-state index >= 15 is 0 Å². The lowest BCUT2D eigenvalue weighted by Gasteiger charge is -2.14. The Bertz CT molecular complexity index is 1230. The normalized spacial score (nSPS) is 11.6. The van der Waals surface area contributed by atoms with Crippen molar-refractivity contribution in [1.82, 2.24) is 25.3 Å². The number of hydrogen-bond donors (Lipinski definition) is 6. The van der Waals surface area contributed by atoms with E-state index in [1.165, 1.54) is 18.3 Å². The van der Waals surface area contributed by atoms with Gasteiger partial charge in [0, 0.05) is 17.7 Å². The number of carbonyl (C=O) groups excluding carboxylic acids is 1. The van der Waals surface area contributed by atoms with E-state index in [4.69, 9.17) is 15.9 Å². The molecule has 0 fully saturated rings. The predicted octanol–water partition coefficient (Wildman–Crippen LogP) is -0.0448.